The Balaban J connectivity index is 0.900. The lowest BCUT2D eigenvalue weighted by Gasteiger charge is -2.44. The number of para-hydroxylation sites is 3. The summed E-state index contributed by atoms with van der Waals surface area (Å²) in [5, 5.41) is 12.8. The molecule has 14 aromatic carbocycles. The van der Waals surface area contributed by atoms with E-state index in [9.17, 15) is 5.26 Å². The fourth-order valence-electron chi connectivity index (χ4n) is 14.8. The number of nitriles is 1. The Morgan fingerprint density at radius 3 is 1.16 bits per heavy atom. The fraction of sp³-hybridized carbons (Fsp3) is 0. The number of rotatable bonds is 11. The average Bonchev–Trinajstić information content (AvgIpc) is 0.827. The SMILES string of the molecule is N#Cc1ccc(-c2nc(-c3ccccc3)cc(-c3ccccc3)n2)c(-n2c3ccccc3c3cc(-c4cc5c6c(c4)N(c4cc(-c7ccccc7)cc(-c7ccccc7)c4)c4ccccc4B6c4ccccc4N5c4cc(-c5ccccc5)cc(-c5ccccc5)c4)ccc32)c1. The number of fused-ring (bicyclic) bond motifs is 7. The standard InChI is InChI=1S/C89H57BN6/c91-58-59-43-45-75(89-92-79(64-33-15-5-16-34-64)57-80(93-89)65-35-17-6-18-36-65)85(47-59)96-81-40-22-19-37-74(81)76-54-66(44-46-82(76)96)71-55-86-88-87(56-71)95(73-52-69(62-29-11-3-12-30-62)49-70(53-73)63-31-13-4-14-32-63)84-42-24-21-39-78(84)90(88)77-38-20-23-41-83(77)94(86)72-50-67(60-25-7-1-8-26-60)48-68(51-72)61-27-9-2-10-28-61/h1-57H. The molecule has 0 amide bonds. The summed E-state index contributed by atoms with van der Waals surface area (Å²) in [6.07, 6.45) is 0. The van der Waals surface area contributed by atoms with Crippen LogP contribution in [-0.2, 0) is 0 Å². The smallest absolute Gasteiger partial charge is 0.252 e. The van der Waals surface area contributed by atoms with Gasteiger partial charge in [0.1, 0.15) is 0 Å². The number of anilines is 6. The molecule has 0 aliphatic carbocycles. The van der Waals surface area contributed by atoms with E-state index < -0.39 is 0 Å². The predicted molar refractivity (Wildman–Crippen MR) is 399 cm³/mol. The highest BCUT2D eigenvalue weighted by Gasteiger charge is 2.44. The van der Waals surface area contributed by atoms with Crippen LogP contribution in [0.5, 0.6) is 0 Å². The number of benzene rings is 14. The van der Waals surface area contributed by atoms with Gasteiger partial charge in [-0.05, 0) is 175 Å². The van der Waals surface area contributed by atoms with Gasteiger partial charge in [-0.2, -0.15) is 5.26 Å². The molecule has 6 nitrogen and oxygen atoms in total. The third-order valence-corrected chi connectivity index (χ3v) is 19.1. The Kier molecular flexibility index (Phi) is 13.6. The van der Waals surface area contributed by atoms with E-state index in [-0.39, 0.29) is 6.71 Å². The van der Waals surface area contributed by atoms with Crippen molar-refractivity contribution in [3.8, 4) is 101 Å². The Labute approximate surface area is 557 Å². The third-order valence-electron chi connectivity index (χ3n) is 19.1. The summed E-state index contributed by atoms with van der Waals surface area (Å²) in [5.41, 5.74) is 29.2. The van der Waals surface area contributed by atoms with Crippen LogP contribution in [0.25, 0.3) is 117 Å². The van der Waals surface area contributed by atoms with E-state index in [0.29, 0.717) is 11.4 Å². The molecule has 446 valence electrons. The molecular formula is C89H57BN6. The van der Waals surface area contributed by atoms with Gasteiger partial charge in [-0.1, -0.05) is 243 Å². The van der Waals surface area contributed by atoms with Crippen LogP contribution in [0, 0.1) is 11.3 Å². The lowest BCUT2D eigenvalue weighted by molar-refractivity contribution is 1.14. The molecular weight excluding hydrogens is 1160 g/mol. The Bertz CT molecular complexity index is 5360. The summed E-state index contributed by atoms with van der Waals surface area (Å²) in [7, 11) is 0. The maximum atomic E-state index is 10.7. The van der Waals surface area contributed by atoms with Crippen LogP contribution in [0.3, 0.4) is 0 Å². The Hall–Kier alpha value is -12.9. The van der Waals surface area contributed by atoms with Crippen molar-refractivity contribution in [2.45, 2.75) is 0 Å². The van der Waals surface area contributed by atoms with Gasteiger partial charge >= 0.3 is 0 Å². The van der Waals surface area contributed by atoms with E-state index in [1.54, 1.807) is 0 Å². The highest BCUT2D eigenvalue weighted by molar-refractivity contribution is 7.00. The summed E-state index contributed by atoms with van der Waals surface area (Å²) < 4.78 is 2.30. The highest BCUT2D eigenvalue weighted by Crippen LogP contribution is 2.49. The van der Waals surface area contributed by atoms with Gasteiger partial charge in [-0.25, -0.2) is 9.97 Å². The van der Waals surface area contributed by atoms with E-state index in [2.05, 4.69) is 312 Å². The molecule has 0 bridgehead atoms. The maximum Gasteiger partial charge on any atom is 0.252 e. The van der Waals surface area contributed by atoms with Crippen LogP contribution in [0.1, 0.15) is 5.56 Å². The molecule has 0 atom stereocenters. The topological polar surface area (TPSA) is 61.0 Å². The molecule has 0 spiro atoms. The van der Waals surface area contributed by atoms with Crippen molar-refractivity contribution in [1.82, 2.24) is 14.5 Å². The zero-order valence-electron chi connectivity index (χ0n) is 52.2. The molecule has 0 saturated heterocycles. The van der Waals surface area contributed by atoms with E-state index >= 15 is 0 Å². The van der Waals surface area contributed by atoms with Crippen molar-refractivity contribution in [2.75, 3.05) is 9.80 Å². The molecule has 18 rings (SSSR count). The molecule has 2 aliphatic rings. The number of nitrogens with zero attached hydrogens (tertiary/aromatic N) is 6. The third kappa shape index (κ3) is 9.66. The number of hydrogen-bond donors (Lipinski definition) is 0. The largest absolute Gasteiger partial charge is 0.311 e. The second kappa shape index (κ2) is 23.3. The summed E-state index contributed by atoms with van der Waals surface area (Å²) in [5.74, 6) is 0.561. The summed E-state index contributed by atoms with van der Waals surface area (Å²) in [4.78, 5) is 15.8. The van der Waals surface area contributed by atoms with Gasteiger partial charge in [0.15, 0.2) is 5.82 Å². The monoisotopic (exact) mass is 1220 g/mol. The van der Waals surface area contributed by atoms with Crippen LogP contribution >= 0.6 is 0 Å². The van der Waals surface area contributed by atoms with Crippen molar-refractivity contribution < 1.29 is 0 Å². The first-order chi connectivity index (χ1) is 47.5. The molecule has 2 aliphatic heterocycles. The van der Waals surface area contributed by atoms with Crippen molar-refractivity contribution in [3.05, 3.63) is 351 Å². The summed E-state index contributed by atoms with van der Waals surface area (Å²) in [6.45, 7) is -0.110. The van der Waals surface area contributed by atoms with Gasteiger partial charge in [-0.15, -0.1) is 0 Å². The van der Waals surface area contributed by atoms with E-state index in [1.165, 1.54) is 16.4 Å². The van der Waals surface area contributed by atoms with Crippen molar-refractivity contribution >= 4 is 79.0 Å². The van der Waals surface area contributed by atoms with Gasteiger partial charge < -0.3 is 14.4 Å². The van der Waals surface area contributed by atoms with Crippen molar-refractivity contribution in [2.24, 2.45) is 0 Å². The van der Waals surface area contributed by atoms with Gasteiger partial charge in [0, 0.05) is 61.6 Å². The van der Waals surface area contributed by atoms with Crippen LogP contribution in [-0.4, -0.2) is 21.2 Å². The zero-order chi connectivity index (χ0) is 63.6. The molecule has 96 heavy (non-hydrogen) atoms. The number of aromatic nitrogens is 3. The molecule has 0 unspecified atom stereocenters. The van der Waals surface area contributed by atoms with Crippen LogP contribution in [0.4, 0.5) is 34.1 Å². The second-order valence-corrected chi connectivity index (χ2v) is 24.8. The van der Waals surface area contributed by atoms with Gasteiger partial charge in [0.25, 0.3) is 6.71 Å². The second-order valence-electron chi connectivity index (χ2n) is 24.8. The molecule has 0 N–H and O–H groups in total. The summed E-state index contributed by atoms with van der Waals surface area (Å²) in [6, 6.07) is 127. The minimum atomic E-state index is -0.110. The van der Waals surface area contributed by atoms with E-state index in [1.807, 2.05) is 54.6 Å². The Morgan fingerprint density at radius 2 is 0.688 bits per heavy atom. The lowest BCUT2D eigenvalue weighted by Crippen LogP contribution is -2.61. The van der Waals surface area contributed by atoms with Crippen LogP contribution in [0.2, 0.25) is 0 Å². The first kappa shape index (κ1) is 55.9. The van der Waals surface area contributed by atoms with Crippen molar-refractivity contribution in [3.63, 3.8) is 0 Å². The lowest BCUT2D eigenvalue weighted by atomic mass is 9.33. The molecule has 0 fully saturated rings. The fourth-order valence-corrected chi connectivity index (χ4v) is 14.8. The molecule has 0 radical (unpaired) electrons. The normalized spacial score (nSPS) is 12.1. The van der Waals surface area contributed by atoms with Gasteiger partial charge in [0.05, 0.1) is 39.7 Å². The van der Waals surface area contributed by atoms with Gasteiger partial charge in [-0.3, -0.25) is 0 Å². The zero-order valence-corrected chi connectivity index (χ0v) is 52.2. The van der Waals surface area contributed by atoms with Gasteiger partial charge in [0.2, 0.25) is 0 Å². The van der Waals surface area contributed by atoms with Crippen LogP contribution < -0.4 is 26.2 Å². The highest BCUT2D eigenvalue weighted by atomic mass is 15.2. The minimum absolute atomic E-state index is 0.110. The molecule has 0 saturated carbocycles. The first-order valence-corrected chi connectivity index (χ1v) is 32.6. The summed E-state index contributed by atoms with van der Waals surface area (Å²) >= 11 is 0. The van der Waals surface area contributed by atoms with E-state index in [4.69, 9.17) is 9.97 Å². The quantitative estimate of drug-likeness (QED) is 0.121. The minimum Gasteiger partial charge on any atom is -0.311 e. The first-order valence-electron chi connectivity index (χ1n) is 32.6. The molecule has 16 aromatic rings. The van der Waals surface area contributed by atoms with Crippen LogP contribution in [0.15, 0.2) is 346 Å². The maximum absolute atomic E-state index is 10.7. The average molecular weight is 1220 g/mol. The molecule has 2 aromatic heterocycles. The molecule has 7 heteroatoms. The number of hydrogen-bond acceptors (Lipinski definition) is 5. The molecule has 4 heterocycles. The predicted octanol–water partition coefficient (Wildman–Crippen LogP) is 20.9. The van der Waals surface area contributed by atoms with Crippen molar-refractivity contribution in [1.29, 1.82) is 5.26 Å². The Morgan fingerprint density at radius 1 is 0.281 bits per heavy atom. The van der Waals surface area contributed by atoms with E-state index in [0.717, 1.165) is 145 Å².